The summed E-state index contributed by atoms with van der Waals surface area (Å²) in [5.41, 5.74) is -1.10. The zero-order valence-corrected chi connectivity index (χ0v) is 13.2. The Bertz CT molecular complexity index is 953. The quantitative estimate of drug-likeness (QED) is 0.919. The maximum Gasteiger partial charge on any atom is 0.347 e. The standard InChI is InChI=1S/C17H15F2N3O3/c18-10-3-9(4-11(19)5-10)12-1-2-13-20-22(15(25)21(12)13)17-6-16(7-17,8-17)14(23)24/h3-5,12H,1-2,6-8H2,(H,23,24)/t12-,16?,17?/m0/s1. The third-order valence-corrected chi connectivity index (χ3v) is 6.01. The van der Waals surface area contributed by atoms with Crippen molar-refractivity contribution >= 4 is 5.97 Å². The molecular formula is C17H15F2N3O3. The second-order valence-corrected chi connectivity index (χ2v) is 7.58. The number of fused-ring (bicyclic) bond motifs is 1. The minimum atomic E-state index is -0.817. The van der Waals surface area contributed by atoms with Gasteiger partial charge in [0.25, 0.3) is 0 Å². The lowest BCUT2D eigenvalue weighted by atomic mass is 9.39. The number of hydrogen-bond donors (Lipinski definition) is 1. The zero-order valence-electron chi connectivity index (χ0n) is 13.2. The molecule has 2 heterocycles. The predicted octanol–water partition coefficient (Wildman–Crippen LogP) is 1.82. The summed E-state index contributed by atoms with van der Waals surface area (Å²) < 4.78 is 30.0. The summed E-state index contributed by atoms with van der Waals surface area (Å²) in [6.07, 6.45) is 2.37. The molecule has 2 bridgehead atoms. The lowest BCUT2D eigenvalue weighted by molar-refractivity contribution is -0.217. The van der Waals surface area contributed by atoms with Gasteiger partial charge in [-0.3, -0.25) is 9.36 Å². The normalized spacial score (nSPS) is 32.0. The van der Waals surface area contributed by atoms with Crippen molar-refractivity contribution in [2.75, 3.05) is 0 Å². The van der Waals surface area contributed by atoms with E-state index in [4.69, 9.17) is 0 Å². The van der Waals surface area contributed by atoms with Crippen LogP contribution in [0.15, 0.2) is 23.0 Å². The van der Waals surface area contributed by atoms with Gasteiger partial charge in [0.15, 0.2) is 0 Å². The van der Waals surface area contributed by atoms with Crippen molar-refractivity contribution < 1.29 is 18.7 Å². The molecule has 130 valence electrons. The monoisotopic (exact) mass is 347 g/mol. The molecule has 3 saturated carbocycles. The third kappa shape index (κ3) is 1.74. The summed E-state index contributed by atoms with van der Waals surface area (Å²) in [7, 11) is 0. The number of nitrogens with zero attached hydrogens (tertiary/aromatic N) is 3. The Morgan fingerprint density at radius 3 is 2.44 bits per heavy atom. The molecule has 1 atom stereocenters. The molecule has 0 saturated heterocycles. The number of aliphatic carboxylic acids is 1. The fraction of sp³-hybridized carbons (Fsp3) is 0.471. The van der Waals surface area contributed by atoms with Crippen LogP contribution in [0.3, 0.4) is 0 Å². The van der Waals surface area contributed by atoms with Gasteiger partial charge in [-0.05, 0) is 43.4 Å². The fourth-order valence-electron chi connectivity index (χ4n) is 4.88. The molecule has 1 aromatic carbocycles. The molecule has 6 nitrogen and oxygen atoms in total. The summed E-state index contributed by atoms with van der Waals surface area (Å²) in [6, 6.07) is 2.85. The van der Waals surface area contributed by atoms with Crippen LogP contribution in [0, 0.1) is 17.0 Å². The smallest absolute Gasteiger partial charge is 0.347 e. The van der Waals surface area contributed by atoms with Crippen LogP contribution in [0.25, 0.3) is 0 Å². The number of aryl methyl sites for hydroxylation is 1. The Balaban J connectivity index is 1.53. The predicted molar refractivity (Wildman–Crippen MR) is 81.2 cm³/mol. The maximum absolute atomic E-state index is 13.5. The first kappa shape index (κ1) is 14.8. The van der Waals surface area contributed by atoms with Crippen molar-refractivity contribution in [3.63, 3.8) is 0 Å². The Hall–Kier alpha value is -2.51. The van der Waals surface area contributed by atoms with Crippen molar-refractivity contribution in [2.24, 2.45) is 5.41 Å². The highest BCUT2D eigenvalue weighted by atomic mass is 19.1. The van der Waals surface area contributed by atoms with E-state index in [9.17, 15) is 23.5 Å². The summed E-state index contributed by atoms with van der Waals surface area (Å²) >= 11 is 0. The van der Waals surface area contributed by atoms with E-state index in [0.717, 1.165) is 6.07 Å². The van der Waals surface area contributed by atoms with Crippen LogP contribution >= 0.6 is 0 Å². The topological polar surface area (TPSA) is 77.1 Å². The van der Waals surface area contributed by atoms with E-state index < -0.39 is 34.6 Å². The molecule has 0 unspecified atom stereocenters. The second kappa shape index (κ2) is 4.36. The minimum absolute atomic E-state index is 0.319. The molecular weight excluding hydrogens is 332 g/mol. The van der Waals surface area contributed by atoms with Gasteiger partial charge in [-0.15, -0.1) is 0 Å². The third-order valence-electron chi connectivity index (χ3n) is 6.01. The molecule has 3 fully saturated rings. The molecule has 8 heteroatoms. The van der Waals surface area contributed by atoms with Gasteiger partial charge in [0.05, 0.1) is 17.0 Å². The van der Waals surface area contributed by atoms with Crippen LogP contribution < -0.4 is 5.69 Å². The number of benzene rings is 1. The SMILES string of the molecule is O=C(O)C12CC(n3nc4n(c3=O)[C@H](c3cc(F)cc(F)c3)CC4)(C1)C2. The molecule has 0 radical (unpaired) electrons. The molecule has 6 rings (SSSR count). The van der Waals surface area contributed by atoms with Gasteiger partial charge in [-0.1, -0.05) is 0 Å². The number of carboxylic acids is 1. The fourth-order valence-corrected chi connectivity index (χ4v) is 4.88. The number of carboxylic acid groups (broad SMARTS) is 1. The number of hydrogen-bond acceptors (Lipinski definition) is 3. The number of carbonyl (C=O) groups is 1. The Kier molecular flexibility index (Phi) is 2.58. The Labute approximate surface area is 140 Å². The lowest BCUT2D eigenvalue weighted by Crippen LogP contribution is -2.72. The van der Waals surface area contributed by atoms with Crippen LogP contribution in [0.5, 0.6) is 0 Å². The molecule has 1 aromatic heterocycles. The van der Waals surface area contributed by atoms with Crippen LogP contribution in [0.2, 0.25) is 0 Å². The van der Waals surface area contributed by atoms with E-state index in [1.54, 1.807) is 0 Å². The lowest BCUT2D eigenvalue weighted by Gasteiger charge is -2.66. The molecule has 0 amide bonds. The number of halogens is 2. The van der Waals surface area contributed by atoms with Gasteiger partial charge in [0.2, 0.25) is 0 Å². The summed E-state index contributed by atoms with van der Waals surface area (Å²) in [4.78, 5) is 24.1. The molecule has 25 heavy (non-hydrogen) atoms. The van der Waals surface area contributed by atoms with Crippen LogP contribution in [0.1, 0.15) is 43.1 Å². The van der Waals surface area contributed by atoms with Gasteiger partial charge in [0, 0.05) is 12.5 Å². The van der Waals surface area contributed by atoms with E-state index in [-0.39, 0.29) is 5.69 Å². The summed E-state index contributed by atoms with van der Waals surface area (Å²) in [5.74, 6) is -1.57. The largest absolute Gasteiger partial charge is 0.481 e. The molecule has 0 spiro atoms. The van der Waals surface area contributed by atoms with E-state index >= 15 is 0 Å². The van der Waals surface area contributed by atoms with Crippen molar-refractivity contribution in [1.29, 1.82) is 0 Å². The van der Waals surface area contributed by atoms with Crippen molar-refractivity contribution in [2.45, 2.75) is 43.7 Å². The number of rotatable bonds is 3. The van der Waals surface area contributed by atoms with E-state index in [2.05, 4.69) is 5.10 Å². The van der Waals surface area contributed by atoms with E-state index in [1.807, 2.05) is 0 Å². The maximum atomic E-state index is 13.5. The van der Waals surface area contributed by atoms with E-state index in [1.165, 1.54) is 21.4 Å². The molecule has 1 N–H and O–H groups in total. The molecule has 1 aliphatic heterocycles. The van der Waals surface area contributed by atoms with Crippen molar-refractivity contribution in [3.05, 3.63) is 51.7 Å². The summed E-state index contributed by atoms with van der Waals surface area (Å²) in [5, 5.41) is 13.7. The van der Waals surface area contributed by atoms with E-state index in [0.29, 0.717) is 43.5 Å². The molecule has 4 aliphatic rings. The highest BCUT2D eigenvalue weighted by molar-refractivity contribution is 5.79. The van der Waals surface area contributed by atoms with Gasteiger partial charge < -0.3 is 5.11 Å². The molecule has 2 aromatic rings. The van der Waals surface area contributed by atoms with Crippen LogP contribution in [-0.4, -0.2) is 25.4 Å². The highest BCUT2D eigenvalue weighted by Crippen LogP contribution is 2.71. The van der Waals surface area contributed by atoms with Crippen molar-refractivity contribution in [1.82, 2.24) is 14.3 Å². The van der Waals surface area contributed by atoms with Gasteiger partial charge in [0.1, 0.15) is 17.5 Å². The Morgan fingerprint density at radius 2 is 1.84 bits per heavy atom. The van der Waals surface area contributed by atoms with Gasteiger partial charge in [-0.25, -0.2) is 18.3 Å². The van der Waals surface area contributed by atoms with Crippen molar-refractivity contribution in [3.8, 4) is 0 Å². The minimum Gasteiger partial charge on any atom is -0.481 e. The first-order chi connectivity index (χ1) is 11.8. The zero-order chi connectivity index (χ0) is 17.6. The highest BCUT2D eigenvalue weighted by Gasteiger charge is 2.74. The first-order valence-corrected chi connectivity index (χ1v) is 8.24. The first-order valence-electron chi connectivity index (χ1n) is 8.24. The molecule has 3 aliphatic carbocycles. The average Bonchev–Trinajstić information content (AvgIpc) is 2.96. The van der Waals surface area contributed by atoms with Crippen LogP contribution in [-0.2, 0) is 16.8 Å². The average molecular weight is 347 g/mol. The second-order valence-electron chi connectivity index (χ2n) is 7.58. The van der Waals surface area contributed by atoms with Gasteiger partial charge in [-0.2, -0.15) is 5.10 Å². The Morgan fingerprint density at radius 1 is 1.20 bits per heavy atom. The number of aromatic nitrogens is 3. The van der Waals surface area contributed by atoms with Crippen LogP contribution in [0.4, 0.5) is 8.78 Å². The summed E-state index contributed by atoms with van der Waals surface area (Å²) in [6.45, 7) is 0. The van der Waals surface area contributed by atoms with Gasteiger partial charge >= 0.3 is 11.7 Å².